The molecule has 0 bridgehead atoms. The molecule has 0 amide bonds. The van der Waals surface area contributed by atoms with Gasteiger partial charge >= 0.3 is 5.97 Å². The molecule has 0 aliphatic carbocycles. The molecule has 0 saturated heterocycles. The highest BCUT2D eigenvalue weighted by Crippen LogP contribution is 2.24. The first-order valence-corrected chi connectivity index (χ1v) is 7.29. The maximum atomic E-state index is 12.6. The van der Waals surface area contributed by atoms with Crippen LogP contribution in [0.2, 0.25) is 0 Å². The first-order valence-electron chi connectivity index (χ1n) is 7.29. The van der Waals surface area contributed by atoms with Crippen molar-refractivity contribution in [2.45, 2.75) is 13.3 Å². The van der Waals surface area contributed by atoms with E-state index in [9.17, 15) is 14.4 Å². The predicted molar refractivity (Wildman–Crippen MR) is 87.7 cm³/mol. The number of aliphatic carboxylic acids is 1. The summed E-state index contributed by atoms with van der Waals surface area (Å²) in [6.07, 6.45) is -0.595. The number of azo groups is 1. The van der Waals surface area contributed by atoms with Gasteiger partial charge in [0.2, 0.25) is 0 Å². The van der Waals surface area contributed by atoms with Crippen molar-refractivity contribution in [3.63, 3.8) is 0 Å². The zero-order valence-corrected chi connectivity index (χ0v) is 13.1. The Hall–Kier alpha value is -3.15. The Bertz CT molecular complexity index is 798. The maximum Gasteiger partial charge on any atom is 0.310 e. The number of Topliss-reactive ketones (excluding diaryl/α,β-unsaturated/α-hetero) is 1. The van der Waals surface area contributed by atoms with Crippen molar-refractivity contribution in [1.82, 2.24) is 0 Å². The minimum atomic E-state index is -1.20. The molecule has 2 aromatic carbocycles. The molecule has 0 unspecified atom stereocenters. The molecule has 6 heteroatoms. The van der Waals surface area contributed by atoms with Crippen LogP contribution in [0.3, 0.4) is 0 Å². The summed E-state index contributed by atoms with van der Waals surface area (Å²) >= 11 is 0. The van der Waals surface area contributed by atoms with E-state index in [0.29, 0.717) is 16.8 Å². The molecule has 122 valence electrons. The van der Waals surface area contributed by atoms with Gasteiger partial charge in [-0.15, -0.1) is 0 Å². The average Bonchev–Trinajstić information content (AvgIpc) is 2.55. The van der Waals surface area contributed by atoms with Gasteiger partial charge in [-0.3, -0.25) is 14.4 Å². The number of benzene rings is 2. The van der Waals surface area contributed by atoms with Crippen LogP contribution < -0.4 is 0 Å². The maximum absolute atomic E-state index is 12.6. The molecular formula is C18H16N2O4. The van der Waals surface area contributed by atoms with Crippen LogP contribution in [0.5, 0.6) is 0 Å². The van der Waals surface area contributed by atoms with Crippen molar-refractivity contribution < 1.29 is 19.5 Å². The molecular weight excluding hydrogens is 308 g/mol. The molecule has 0 radical (unpaired) electrons. The minimum absolute atomic E-state index is 0.190. The molecule has 0 fully saturated rings. The fourth-order valence-electron chi connectivity index (χ4n) is 2.08. The topological polar surface area (TPSA) is 96.2 Å². The van der Waals surface area contributed by atoms with Crippen molar-refractivity contribution >= 4 is 23.2 Å². The van der Waals surface area contributed by atoms with Gasteiger partial charge in [0.25, 0.3) is 0 Å². The summed E-state index contributed by atoms with van der Waals surface area (Å²) < 4.78 is 0. The van der Waals surface area contributed by atoms with Crippen molar-refractivity contribution in [3.05, 3.63) is 65.2 Å². The van der Waals surface area contributed by atoms with Gasteiger partial charge in [0.15, 0.2) is 11.6 Å². The predicted octanol–water partition coefficient (Wildman–Crippen LogP) is 3.35. The molecule has 0 atom stereocenters. The number of rotatable bonds is 7. The summed E-state index contributed by atoms with van der Waals surface area (Å²) in [4.78, 5) is 34.4. The Morgan fingerprint density at radius 3 is 2.42 bits per heavy atom. The summed E-state index contributed by atoms with van der Waals surface area (Å²) in [5, 5.41) is 16.2. The third-order valence-corrected chi connectivity index (χ3v) is 3.21. The van der Waals surface area contributed by atoms with Gasteiger partial charge in [-0.25, -0.2) is 0 Å². The van der Waals surface area contributed by atoms with E-state index in [1.165, 1.54) is 0 Å². The van der Waals surface area contributed by atoms with E-state index in [4.69, 9.17) is 5.11 Å². The van der Waals surface area contributed by atoms with Gasteiger partial charge in [-0.1, -0.05) is 42.0 Å². The lowest BCUT2D eigenvalue weighted by Crippen LogP contribution is -2.09. The second-order valence-electron chi connectivity index (χ2n) is 5.22. The normalized spacial score (nSPS) is 10.7. The Balaban J connectivity index is 2.23. The van der Waals surface area contributed by atoms with E-state index in [2.05, 4.69) is 10.2 Å². The molecule has 1 N–H and O–H groups in total. The standard InChI is InChI=1S/C18H16N2O4/c1-12-7-8-16(20-19-11-14(21)10-17(22)23)15(9-12)18(24)13-5-3-2-4-6-13/h2-9H,10-11H2,1H3,(H,22,23). The summed E-state index contributed by atoms with van der Waals surface area (Å²) in [6, 6.07) is 13.9. The van der Waals surface area contributed by atoms with Crippen molar-refractivity contribution in [2.24, 2.45) is 10.2 Å². The second kappa shape index (κ2) is 7.92. The highest BCUT2D eigenvalue weighted by molar-refractivity contribution is 6.12. The zero-order valence-electron chi connectivity index (χ0n) is 13.1. The number of hydrogen-bond donors (Lipinski definition) is 1. The van der Waals surface area contributed by atoms with Gasteiger partial charge in [0.1, 0.15) is 13.0 Å². The molecule has 0 aromatic heterocycles. The Labute approximate surface area is 138 Å². The summed E-state index contributed by atoms with van der Waals surface area (Å²) in [5.74, 6) is -1.94. The van der Waals surface area contributed by atoms with Gasteiger partial charge in [-0.05, 0) is 19.1 Å². The molecule has 0 aliphatic rings. The van der Waals surface area contributed by atoms with Gasteiger partial charge in [0, 0.05) is 5.56 Å². The number of carbonyl (C=O) groups is 3. The van der Waals surface area contributed by atoms with E-state index < -0.39 is 18.2 Å². The molecule has 0 aliphatic heterocycles. The Kier molecular flexibility index (Phi) is 5.68. The lowest BCUT2D eigenvalue weighted by atomic mass is 10.00. The van der Waals surface area contributed by atoms with Gasteiger partial charge in [-0.2, -0.15) is 10.2 Å². The number of aryl methyl sites for hydroxylation is 1. The van der Waals surface area contributed by atoms with Crippen molar-refractivity contribution in [1.29, 1.82) is 0 Å². The monoisotopic (exact) mass is 324 g/mol. The minimum Gasteiger partial charge on any atom is -0.481 e. The summed E-state index contributed by atoms with van der Waals surface area (Å²) in [7, 11) is 0. The van der Waals surface area contributed by atoms with E-state index >= 15 is 0 Å². The third-order valence-electron chi connectivity index (χ3n) is 3.21. The lowest BCUT2D eigenvalue weighted by molar-refractivity contribution is -0.139. The lowest BCUT2D eigenvalue weighted by Gasteiger charge is -2.06. The first-order chi connectivity index (χ1) is 11.5. The van der Waals surface area contributed by atoms with E-state index in [1.54, 1.807) is 42.5 Å². The van der Waals surface area contributed by atoms with Crippen LogP contribution in [0.1, 0.15) is 27.9 Å². The molecule has 6 nitrogen and oxygen atoms in total. The molecule has 2 rings (SSSR count). The number of carbonyl (C=O) groups excluding carboxylic acids is 2. The quantitative estimate of drug-likeness (QED) is 0.480. The second-order valence-corrected chi connectivity index (χ2v) is 5.22. The van der Waals surface area contributed by atoms with Crippen LogP contribution in [-0.2, 0) is 9.59 Å². The van der Waals surface area contributed by atoms with Crippen LogP contribution in [0, 0.1) is 6.92 Å². The van der Waals surface area contributed by atoms with Crippen LogP contribution in [0.25, 0.3) is 0 Å². The third kappa shape index (κ3) is 4.67. The zero-order chi connectivity index (χ0) is 17.5. The summed E-state index contributed by atoms with van der Waals surface area (Å²) in [6.45, 7) is 1.53. The van der Waals surface area contributed by atoms with E-state index in [0.717, 1.165) is 5.56 Å². The van der Waals surface area contributed by atoms with Gasteiger partial charge in [0.05, 0.1) is 11.3 Å². The number of carboxylic acid groups (broad SMARTS) is 1. The molecule has 0 spiro atoms. The molecule has 2 aromatic rings. The van der Waals surface area contributed by atoms with E-state index in [1.807, 2.05) is 13.0 Å². The number of ketones is 2. The fourth-order valence-corrected chi connectivity index (χ4v) is 2.08. The molecule has 0 saturated carbocycles. The largest absolute Gasteiger partial charge is 0.481 e. The number of carboxylic acids is 1. The van der Waals surface area contributed by atoms with Crippen LogP contribution in [-0.4, -0.2) is 29.2 Å². The Morgan fingerprint density at radius 2 is 1.75 bits per heavy atom. The van der Waals surface area contributed by atoms with Crippen LogP contribution in [0.4, 0.5) is 5.69 Å². The number of hydrogen-bond acceptors (Lipinski definition) is 5. The highest BCUT2D eigenvalue weighted by atomic mass is 16.4. The van der Waals surface area contributed by atoms with Crippen LogP contribution in [0.15, 0.2) is 58.8 Å². The molecule has 24 heavy (non-hydrogen) atoms. The average molecular weight is 324 g/mol. The first kappa shape index (κ1) is 17.2. The fraction of sp³-hybridized carbons (Fsp3) is 0.167. The van der Waals surface area contributed by atoms with Crippen LogP contribution >= 0.6 is 0 Å². The number of nitrogens with zero attached hydrogens (tertiary/aromatic N) is 2. The molecule has 0 heterocycles. The van der Waals surface area contributed by atoms with Crippen molar-refractivity contribution in [2.75, 3.05) is 6.54 Å². The highest BCUT2D eigenvalue weighted by Gasteiger charge is 2.14. The smallest absolute Gasteiger partial charge is 0.310 e. The SMILES string of the molecule is Cc1ccc(N=NCC(=O)CC(=O)O)c(C(=O)c2ccccc2)c1. The van der Waals surface area contributed by atoms with Gasteiger partial charge < -0.3 is 5.11 Å². The summed E-state index contributed by atoms with van der Waals surface area (Å²) in [5.41, 5.74) is 2.16. The van der Waals surface area contributed by atoms with E-state index in [-0.39, 0.29) is 12.3 Å². The Morgan fingerprint density at radius 1 is 1.04 bits per heavy atom. The van der Waals surface area contributed by atoms with Crippen molar-refractivity contribution in [3.8, 4) is 0 Å².